The maximum atomic E-state index is 11.5. The molecule has 0 fully saturated rings. The van der Waals surface area contributed by atoms with Crippen LogP contribution in [0.25, 0.3) is 0 Å². The molecule has 3 heteroatoms. The quantitative estimate of drug-likeness (QED) is 0.779. The van der Waals surface area contributed by atoms with Crippen LogP contribution in [0.15, 0.2) is 24.3 Å². The van der Waals surface area contributed by atoms with Crippen LogP contribution in [0.2, 0.25) is 0 Å². The van der Waals surface area contributed by atoms with Crippen molar-refractivity contribution in [2.24, 2.45) is 0 Å². The Balaban J connectivity index is 2.89. The number of carbonyl (C=O) groups is 1. The Labute approximate surface area is 96.1 Å². The van der Waals surface area contributed by atoms with Gasteiger partial charge in [0.25, 0.3) is 0 Å². The largest absolute Gasteiger partial charge is 0.465 e. The minimum absolute atomic E-state index is 0.397. The molecular weight excluding hydrogens is 204 g/mol. The molecule has 3 nitrogen and oxygen atoms in total. The lowest BCUT2D eigenvalue weighted by atomic mass is 9.99. The second-order valence-corrected chi connectivity index (χ2v) is 3.74. The van der Waals surface area contributed by atoms with E-state index in [4.69, 9.17) is 0 Å². The van der Waals surface area contributed by atoms with E-state index >= 15 is 0 Å². The van der Waals surface area contributed by atoms with Gasteiger partial charge < -0.3 is 9.84 Å². The maximum absolute atomic E-state index is 11.5. The van der Waals surface area contributed by atoms with E-state index in [0.717, 1.165) is 12.8 Å². The Morgan fingerprint density at radius 2 is 2.12 bits per heavy atom. The summed E-state index contributed by atoms with van der Waals surface area (Å²) < 4.78 is 4.68. The molecule has 0 aliphatic carbocycles. The van der Waals surface area contributed by atoms with Crippen molar-refractivity contribution in [3.63, 3.8) is 0 Å². The van der Waals surface area contributed by atoms with Crippen LogP contribution in [0, 0.1) is 0 Å². The van der Waals surface area contributed by atoms with Gasteiger partial charge in [-0.2, -0.15) is 0 Å². The average Bonchev–Trinajstić information content (AvgIpc) is 2.35. The smallest absolute Gasteiger partial charge is 0.338 e. The molecule has 0 unspecified atom stereocenters. The molecular formula is C13H18O3. The van der Waals surface area contributed by atoms with Crippen LogP contribution in [0.5, 0.6) is 0 Å². The maximum Gasteiger partial charge on any atom is 0.338 e. The number of carbonyl (C=O) groups excluding carboxylic acids is 1. The molecule has 0 heterocycles. The highest BCUT2D eigenvalue weighted by molar-refractivity contribution is 5.91. The Kier molecular flexibility index (Phi) is 4.99. The highest BCUT2D eigenvalue weighted by Crippen LogP contribution is 2.23. The second kappa shape index (κ2) is 6.28. The van der Waals surface area contributed by atoms with Crippen molar-refractivity contribution < 1.29 is 14.6 Å². The molecule has 0 aliphatic heterocycles. The minimum atomic E-state index is -0.588. The van der Waals surface area contributed by atoms with Crippen LogP contribution < -0.4 is 0 Å². The fourth-order valence-electron chi connectivity index (χ4n) is 1.64. The molecule has 16 heavy (non-hydrogen) atoms. The fraction of sp³-hybridized carbons (Fsp3) is 0.462. The molecule has 1 N–H and O–H groups in total. The SMILES string of the molecule is CCCC[C@H](O)c1ccccc1C(=O)OC. The Morgan fingerprint density at radius 3 is 2.75 bits per heavy atom. The predicted molar refractivity (Wildman–Crippen MR) is 62.3 cm³/mol. The zero-order chi connectivity index (χ0) is 12.0. The number of ether oxygens (including phenoxy) is 1. The standard InChI is InChI=1S/C13H18O3/c1-3-4-9-12(14)10-7-5-6-8-11(10)13(15)16-2/h5-8,12,14H,3-4,9H2,1-2H3/t12-/m0/s1. The average molecular weight is 222 g/mol. The van der Waals surface area contributed by atoms with Gasteiger partial charge in [0.05, 0.1) is 18.8 Å². The van der Waals surface area contributed by atoms with Crippen molar-refractivity contribution in [2.45, 2.75) is 32.3 Å². The molecule has 0 radical (unpaired) electrons. The number of hydrogen-bond acceptors (Lipinski definition) is 3. The van der Waals surface area contributed by atoms with Gasteiger partial charge in [-0.05, 0) is 18.1 Å². The molecule has 1 rings (SSSR count). The van der Waals surface area contributed by atoms with Gasteiger partial charge in [-0.1, -0.05) is 38.0 Å². The Hall–Kier alpha value is -1.35. The van der Waals surface area contributed by atoms with Gasteiger partial charge in [0.2, 0.25) is 0 Å². The number of hydrogen-bond donors (Lipinski definition) is 1. The third-order valence-electron chi connectivity index (χ3n) is 2.56. The number of unbranched alkanes of at least 4 members (excludes halogenated alkanes) is 1. The molecule has 88 valence electrons. The number of esters is 1. The molecule has 0 spiro atoms. The number of rotatable bonds is 5. The number of aliphatic hydroxyl groups excluding tert-OH is 1. The van der Waals surface area contributed by atoms with Crippen molar-refractivity contribution in [1.29, 1.82) is 0 Å². The van der Waals surface area contributed by atoms with Crippen LogP contribution in [0.1, 0.15) is 48.2 Å². The van der Waals surface area contributed by atoms with Gasteiger partial charge in [0.15, 0.2) is 0 Å². The lowest BCUT2D eigenvalue weighted by molar-refractivity contribution is 0.0592. The van der Waals surface area contributed by atoms with Crippen molar-refractivity contribution >= 4 is 5.97 Å². The van der Waals surface area contributed by atoms with Gasteiger partial charge >= 0.3 is 5.97 Å². The molecule has 0 saturated carbocycles. The van der Waals surface area contributed by atoms with E-state index < -0.39 is 12.1 Å². The first kappa shape index (κ1) is 12.7. The fourth-order valence-corrected chi connectivity index (χ4v) is 1.64. The van der Waals surface area contributed by atoms with Crippen molar-refractivity contribution in [3.05, 3.63) is 35.4 Å². The lowest BCUT2D eigenvalue weighted by Crippen LogP contribution is -2.09. The van der Waals surface area contributed by atoms with E-state index in [0.29, 0.717) is 17.5 Å². The van der Waals surface area contributed by atoms with Gasteiger partial charge in [-0.3, -0.25) is 0 Å². The summed E-state index contributed by atoms with van der Waals surface area (Å²) in [7, 11) is 1.34. The van der Waals surface area contributed by atoms with Crippen LogP contribution in [-0.4, -0.2) is 18.2 Å². The van der Waals surface area contributed by atoms with E-state index in [2.05, 4.69) is 11.7 Å². The summed E-state index contributed by atoms with van der Waals surface area (Å²) in [5, 5.41) is 9.97. The Morgan fingerprint density at radius 1 is 1.44 bits per heavy atom. The second-order valence-electron chi connectivity index (χ2n) is 3.74. The minimum Gasteiger partial charge on any atom is -0.465 e. The summed E-state index contributed by atoms with van der Waals surface area (Å²) >= 11 is 0. The highest BCUT2D eigenvalue weighted by atomic mass is 16.5. The summed E-state index contributed by atoms with van der Waals surface area (Å²) in [5.41, 5.74) is 1.11. The van der Waals surface area contributed by atoms with E-state index in [9.17, 15) is 9.90 Å². The number of benzene rings is 1. The normalized spacial score (nSPS) is 12.2. The highest BCUT2D eigenvalue weighted by Gasteiger charge is 2.16. The topological polar surface area (TPSA) is 46.5 Å². The van der Waals surface area contributed by atoms with E-state index in [1.807, 2.05) is 6.07 Å². The zero-order valence-corrected chi connectivity index (χ0v) is 9.77. The van der Waals surface area contributed by atoms with Crippen molar-refractivity contribution in [3.8, 4) is 0 Å². The van der Waals surface area contributed by atoms with Crippen LogP contribution in [0.3, 0.4) is 0 Å². The molecule has 1 aromatic carbocycles. The Bertz CT molecular complexity index is 347. The summed E-state index contributed by atoms with van der Waals surface area (Å²) in [6.07, 6.45) is 2.05. The van der Waals surface area contributed by atoms with Crippen LogP contribution >= 0.6 is 0 Å². The molecule has 1 atom stereocenters. The summed E-state index contributed by atoms with van der Waals surface area (Å²) in [4.78, 5) is 11.5. The molecule has 0 saturated heterocycles. The van der Waals surface area contributed by atoms with Gasteiger partial charge in [0, 0.05) is 0 Å². The van der Waals surface area contributed by atoms with E-state index in [-0.39, 0.29) is 0 Å². The van der Waals surface area contributed by atoms with Gasteiger partial charge in [-0.15, -0.1) is 0 Å². The van der Waals surface area contributed by atoms with Gasteiger partial charge in [0.1, 0.15) is 0 Å². The molecule has 0 aliphatic rings. The van der Waals surface area contributed by atoms with E-state index in [1.165, 1.54) is 7.11 Å². The van der Waals surface area contributed by atoms with Crippen molar-refractivity contribution in [2.75, 3.05) is 7.11 Å². The zero-order valence-electron chi connectivity index (χ0n) is 9.77. The predicted octanol–water partition coefficient (Wildman–Crippen LogP) is 2.70. The van der Waals surface area contributed by atoms with Crippen LogP contribution in [-0.2, 0) is 4.74 Å². The third kappa shape index (κ3) is 3.07. The van der Waals surface area contributed by atoms with Crippen molar-refractivity contribution in [1.82, 2.24) is 0 Å². The van der Waals surface area contributed by atoms with Crippen LogP contribution in [0.4, 0.5) is 0 Å². The first-order valence-corrected chi connectivity index (χ1v) is 5.56. The third-order valence-corrected chi connectivity index (χ3v) is 2.56. The summed E-state index contributed by atoms with van der Waals surface area (Å²) in [5.74, 6) is -0.397. The molecule has 0 amide bonds. The monoisotopic (exact) mass is 222 g/mol. The van der Waals surface area contributed by atoms with Gasteiger partial charge in [-0.25, -0.2) is 4.79 Å². The number of methoxy groups -OCH3 is 1. The first-order valence-electron chi connectivity index (χ1n) is 5.56. The van der Waals surface area contributed by atoms with E-state index in [1.54, 1.807) is 18.2 Å². The molecule has 1 aromatic rings. The number of aliphatic hydroxyl groups is 1. The summed E-state index contributed by atoms with van der Waals surface area (Å²) in [6, 6.07) is 7.03. The lowest BCUT2D eigenvalue weighted by Gasteiger charge is -2.13. The molecule has 0 aromatic heterocycles. The first-order chi connectivity index (χ1) is 7.70. The molecule has 0 bridgehead atoms. The summed E-state index contributed by atoms with van der Waals surface area (Å²) in [6.45, 7) is 2.07.